The van der Waals surface area contributed by atoms with E-state index in [2.05, 4.69) is 30.9 Å². The summed E-state index contributed by atoms with van der Waals surface area (Å²) in [6.07, 6.45) is 3.60. The van der Waals surface area contributed by atoms with Gasteiger partial charge in [0.25, 0.3) is 0 Å². The molecule has 0 aliphatic heterocycles. The van der Waals surface area contributed by atoms with Crippen LogP contribution in [0, 0.1) is 0 Å². The Morgan fingerprint density at radius 2 is 1.70 bits per heavy atom. The number of aliphatic hydroxyl groups is 1. The van der Waals surface area contributed by atoms with Gasteiger partial charge >= 0.3 is 0 Å². The Labute approximate surface area is 197 Å². The Morgan fingerprint density at radius 1 is 1.00 bits per heavy atom. The predicted molar refractivity (Wildman–Crippen MR) is 133 cm³/mol. The van der Waals surface area contributed by atoms with Crippen LogP contribution in [0.5, 0.6) is 17.4 Å². The molecule has 0 amide bonds. The molecule has 178 valence electrons. The van der Waals surface area contributed by atoms with Gasteiger partial charge in [-0.15, -0.1) is 0 Å². The number of hydrogen-bond acceptors (Lipinski definition) is 5. The molecule has 0 aliphatic carbocycles. The minimum Gasteiger partial charge on any atom is -0.493 e. The molecule has 0 bridgehead atoms. The molecule has 6 nitrogen and oxygen atoms in total. The van der Waals surface area contributed by atoms with Gasteiger partial charge < -0.3 is 14.6 Å². The zero-order valence-electron chi connectivity index (χ0n) is 20.3. The maximum absolute atomic E-state index is 10.6. The molecule has 33 heavy (non-hydrogen) atoms. The number of methoxy groups -OCH3 is 1. The zero-order valence-corrected chi connectivity index (χ0v) is 20.3. The molecular formula is C27H37N3O3. The maximum atomic E-state index is 10.6. The second-order valence-corrected chi connectivity index (χ2v) is 8.41. The molecule has 1 heterocycles. The third kappa shape index (κ3) is 6.59. The highest BCUT2D eigenvalue weighted by Gasteiger charge is 2.23. The molecule has 0 unspecified atom stereocenters. The van der Waals surface area contributed by atoms with Gasteiger partial charge in [0.1, 0.15) is 5.69 Å². The monoisotopic (exact) mass is 451 g/mol. The SMILES string of the molecule is CCCC[C@@H](O)CN(CCC)Cc1c(-c2ccccc2)nn(C)c1Oc1ccccc1OC. The summed E-state index contributed by atoms with van der Waals surface area (Å²) in [7, 11) is 3.55. The van der Waals surface area contributed by atoms with Crippen molar-refractivity contribution >= 4 is 0 Å². The number of rotatable bonds is 13. The molecule has 0 saturated heterocycles. The molecule has 0 aliphatic rings. The van der Waals surface area contributed by atoms with Crippen LogP contribution in [-0.2, 0) is 13.6 Å². The first-order valence-corrected chi connectivity index (χ1v) is 11.9. The number of unbranched alkanes of at least 4 members (excludes halogenated alkanes) is 1. The maximum Gasteiger partial charge on any atom is 0.222 e. The number of nitrogens with zero attached hydrogens (tertiary/aromatic N) is 3. The smallest absolute Gasteiger partial charge is 0.222 e. The molecule has 1 aromatic heterocycles. The molecule has 0 fully saturated rings. The van der Waals surface area contributed by atoms with Crippen LogP contribution in [0.4, 0.5) is 0 Å². The third-order valence-electron chi connectivity index (χ3n) is 5.69. The van der Waals surface area contributed by atoms with E-state index in [0.717, 1.165) is 49.0 Å². The average Bonchev–Trinajstić information content (AvgIpc) is 3.13. The molecule has 0 spiro atoms. The molecule has 0 saturated carbocycles. The quantitative estimate of drug-likeness (QED) is 0.364. The van der Waals surface area contributed by atoms with Gasteiger partial charge in [0, 0.05) is 25.7 Å². The molecule has 6 heteroatoms. The number of hydrogen-bond donors (Lipinski definition) is 1. The molecule has 3 rings (SSSR count). The van der Waals surface area contributed by atoms with Gasteiger partial charge in [0.2, 0.25) is 5.88 Å². The van der Waals surface area contributed by atoms with Crippen LogP contribution >= 0.6 is 0 Å². The highest BCUT2D eigenvalue weighted by atomic mass is 16.5. The predicted octanol–water partition coefficient (Wildman–Crippen LogP) is 5.65. The summed E-state index contributed by atoms with van der Waals surface area (Å²) in [4.78, 5) is 2.30. The molecular weight excluding hydrogens is 414 g/mol. The Morgan fingerprint density at radius 3 is 2.36 bits per heavy atom. The Hall–Kier alpha value is -2.83. The topological polar surface area (TPSA) is 59.8 Å². The summed E-state index contributed by atoms with van der Waals surface area (Å²) in [5.74, 6) is 2.00. The van der Waals surface area contributed by atoms with Gasteiger partial charge in [0.05, 0.1) is 18.8 Å². The molecule has 1 N–H and O–H groups in total. The number of aromatic nitrogens is 2. The van der Waals surface area contributed by atoms with Crippen molar-refractivity contribution in [2.75, 3.05) is 20.2 Å². The van der Waals surface area contributed by atoms with E-state index in [1.807, 2.05) is 49.5 Å². The van der Waals surface area contributed by atoms with Crippen molar-refractivity contribution in [1.82, 2.24) is 14.7 Å². The lowest BCUT2D eigenvalue weighted by atomic mass is 10.1. The van der Waals surface area contributed by atoms with Gasteiger partial charge in [-0.05, 0) is 31.5 Å². The second kappa shape index (κ2) is 12.4. The van der Waals surface area contributed by atoms with Crippen molar-refractivity contribution in [2.24, 2.45) is 7.05 Å². The Bertz CT molecular complexity index is 988. The fraction of sp³-hybridized carbons (Fsp3) is 0.444. The zero-order chi connectivity index (χ0) is 23.6. The summed E-state index contributed by atoms with van der Waals surface area (Å²) in [5.41, 5.74) is 2.94. The van der Waals surface area contributed by atoms with E-state index in [0.29, 0.717) is 30.5 Å². The van der Waals surface area contributed by atoms with Crippen molar-refractivity contribution in [3.63, 3.8) is 0 Å². The van der Waals surface area contributed by atoms with E-state index in [9.17, 15) is 5.11 Å². The molecule has 3 aromatic rings. The van der Waals surface area contributed by atoms with E-state index in [4.69, 9.17) is 14.6 Å². The van der Waals surface area contributed by atoms with Crippen LogP contribution in [0.3, 0.4) is 0 Å². The highest BCUT2D eigenvalue weighted by molar-refractivity contribution is 5.65. The van der Waals surface area contributed by atoms with Crippen molar-refractivity contribution in [1.29, 1.82) is 0 Å². The fourth-order valence-corrected chi connectivity index (χ4v) is 4.06. The number of ether oxygens (including phenoxy) is 2. The van der Waals surface area contributed by atoms with Crippen molar-refractivity contribution in [3.8, 4) is 28.6 Å². The lowest BCUT2D eigenvalue weighted by molar-refractivity contribution is 0.0992. The first kappa shape index (κ1) is 24.8. The number of aryl methyl sites for hydroxylation is 1. The number of benzene rings is 2. The Kier molecular flexibility index (Phi) is 9.34. The Balaban J connectivity index is 1.98. The van der Waals surface area contributed by atoms with Crippen LogP contribution in [0.25, 0.3) is 11.3 Å². The van der Waals surface area contributed by atoms with Gasteiger partial charge in [-0.1, -0.05) is 69.2 Å². The second-order valence-electron chi connectivity index (χ2n) is 8.41. The summed E-state index contributed by atoms with van der Waals surface area (Å²) in [6, 6.07) is 17.8. The van der Waals surface area contributed by atoms with E-state index in [1.165, 1.54) is 0 Å². The number of aliphatic hydroxyl groups excluding tert-OH is 1. The standard InChI is InChI=1S/C27H37N3O3/c1-5-7-15-22(31)19-30(18-6-2)20-23-26(21-13-9-8-10-14-21)28-29(3)27(23)33-25-17-12-11-16-24(25)32-4/h8-14,16-17,22,31H,5-7,15,18-20H2,1-4H3/t22-/m1/s1. The molecule has 0 radical (unpaired) electrons. The number of para-hydroxylation sites is 2. The van der Waals surface area contributed by atoms with Crippen molar-refractivity contribution in [2.45, 2.75) is 52.2 Å². The normalized spacial score (nSPS) is 12.2. The first-order chi connectivity index (χ1) is 16.1. The van der Waals surface area contributed by atoms with E-state index < -0.39 is 0 Å². The average molecular weight is 452 g/mol. The van der Waals surface area contributed by atoms with Gasteiger partial charge in [-0.2, -0.15) is 5.10 Å². The minimum atomic E-state index is -0.341. The third-order valence-corrected chi connectivity index (χ3v) is 5.69. The van der Waals surface area contributed by atoms with E-state index >= 15 is 0 Å². The van der Waals surface area contributed by atoms with E-state index in [-0.39, 0.29) is 6.10 Å². The van der Waals surface area contributed by atoms with Gasteiger partial charge in [0.15, 0.2) is 11.5 Å². The van der Waals surface area contributed by atoms with E-state index in [1.54, 1.807) is 11.8 Å². The van der Waals surface area contributed by atoms with Crippen LogP contribution in [-0.4, -0.2) is 46.1 Å². The summed E-state index contributed by atoms with van der Waals surface area (Å²) in [5, 5.41) is 15.4. The lowest BCUT2D eigenvalue weighted by Crippen LogP contribution is -2.33. The van der Waals surface area contributed by atoms with Gasteiger partial charge in [-0.25, -0.2) is 4.68 Å². The minimum absolute atomic E-state index is 0.341. The fourth-order valence-electron chi connectivity index (χ4n) is 4.06. The summed E-state index contributed by atoms with van der Waals surface area (Å²) >= 11 is 0. The summed E-state index contributed by atoms with van der Waals surface area (Å²) in [6.45, 7) is 6.48. The van der Waals surface area contributed by atoms with Crippen LogP contribution in [0.2, 0.25) is 0 Å². The van der Waals surface area contributed by atoms with Gasteiger partial charge in [-0.3, -0.25) is 4.90 Å². The van der Waals surface area contributed by atoms with Crippen LogP contribution in [0.1, 0.15) is 45.1 Å². The lowest BCUT2D eigenvalue weighted by Gasteiger charge is -2.25. The van der Waals surface area contributed by atoms with Crippen molar-refractivity contribution in [3.05, 3.63) is 60.2 Å². The van der Waals surface area contributed by atoms with Crippen molar-refractivity contribution < 1.29 is 14.6 Å². The molecule has 1 atom stereocenters. The van der Waals surface area contributed by atoms with Crippen LogP contribution in [0.15, 0.2) is 54.6 Å². The highest BCUT2D eigenvalue weighted by Crippen LogP contribution is 2.37. The molecule has 2 aromatic carbocycles. The first-order valence-electron chi connectivity index (χ1n) is 11.9. The van der Waals surface area contributed by atoms with Crippen LogP contribution < -0.4 is 9.47 Å². The largest absolute Gasteiger partial charge is 0.493 e. The summed E-state index contributed by atoms with van der Waals surface area (Å²) < 4.78 is 13.7.